The van der Waals surface area contributed by atoms with Gasteiger partial charge in [0.2, 0.25) is 0 Å². The van der Waals surface area contributed by atoms with Gasteiger partial charge < -0.3 is 24.0 Å². The molecule has 43 heavy (non-hydrogen) atoms. The van der Waals surface area contributed by atoms with E-state index in [4.69, 9.17) is 25.8 Å². The molecule has 0 radical (unpaired) electrons. The molecule has 2 aliphatic rings. The molecule has 3 aromatic rings. The van der Waals surface area contributed by atoms with Crippen LogP contribution in [0.2, 0.25) is 5.02 Å². The standard InChI is InChI=1S/C32H43ClN6O4/c1-3-41-28-10-6-5-9-26(28)37-18-13-35(14-19-37)17-22-39-32(40)31(33)27(25-34-39)38-20-15-36(16-21-38)23-24-43-30-12-8-7-11-29(30)42-4-2/h5-12,25H,3-4,13-24H2,1-2H3. The number of nitrogens with zero attached hydrogens (tertiary/aromatic N) is 6. The molecule has 0 bridgehead atoms. The van der Waals surface area contributed by atoms with Gasteiger partial charge in [0.15, 0.2) is 11.5 Å². The Kier molecular flexibility index (Phi) is 11.0. The highest BCUT2D eigenvalue weighted by Crippen LogP contribution is 2.29. The maximum absolute atomic E-state index is 13.1. The predicted octanol–water partition coefficient (Wildman–Crippen LogP) is 3.72. The van der Waals surface area contributed by atoms with Crippen LogP contribution in [0.5, 0.6) is 17.2 Å². The van der Waals surface area contributed by atoms with E-state index in [1.807, 2.05) is 50.2 Å². The normalized spacial score (nSPS) is 16.3. The van der Waals surface area contributed by atoms with Crippen LogP contribution >= 0.6 is 11.6 Å². The number of piperazine rings is 2. The number of aromatic nitrogens is 2. The van der Waals surface area contributed by atoms with Crippen LogP contribution in [0, 0.1) is 0 Å². The van der Waals surface area contributed by atoms with E-state index >= 15 is 0 Å². The van der Waals surface area contributed by atoms with Crippen molar-refractivity contribution >= 4 is 23.0 Å². The molecule has 2 aliphatic heterocycles. The first-order valence-electron chi connectivity index (χ1n) is 15.3. The second kappa shape index (κ2) is 15.3. The summed E-state index contributed by atoms with van der Waals surface area (Å²) in [4.78, 5) is 22.4. The van der Waals surface area contributed by atoms with Gasteiger partial charge in [-0.2, -0.15) is 5.10 Å². The maximum atomic E-state index is 13.1. The van der Waals surface area contributed by atoms with Crippen molar-refractivity contribution in [3.8, 4) is 17.2 Å². The van der Waals surface area contributed by atoms with Crippen LogP contribution in [0.3, 0.4) is 0 Å². The number of hydrogen-bond donors (Lipinski definition) is 0. The highest BCUT2D eigenvalue weighted by atomic mass is 35.5. The first-order chi connectivity index (χ1) is 21.1. The van der Waals surface area contributed by atoms with Crippen molar-refractivity contribution in [1.29, 1.82) is 0 Å². The summed E-state index contributed by atoms with van der Waals surface area (Å²) in [7, 11) is 0. The molecule has 0 unspecified atom stereocenters. The van der Waals surface area contributed by atoms with Gasteiger partial charge in [-0.3, -0.25) is 14.6 Å². The summed E-state index contributed by atoms with van der Waals surface area (Å²) in [6, 6.07) is 16.0. The molecule has 0 saturated carbocycles. The lowest BCUT2D eigenvalue weighted by Gasteiger charge is -2.37. The summed E-state index contributed by atoms with van der Waals surface area (Å²) in [5.41, 5.74) is 1.62. The first-order valence-corrected chi connectivity index (χ1v) is 15.7. The molecule has 2 aromatic carbocycles. The number of halogens is 1. The fraction of sp³-hybridized carbons (Fsp3) is 0.500. The maximum Gasteiger partial charge on any atom is 0.287 e. The molecular formula is C32H43ClN6O4. The molecule has 2 saturated heterocycles. The summed E-state index contributed by atoms with van der Waals surface area (Å²) in [5, 5.41) is 4.74. The molecule has 2 fully saturated rings. The van der Waals surface area contributed by atoms with Crippen LogP contribution in [0.4, 0.5) is 11.4 Å². The zero-order valence-corrected chi connectivity index (χ0v) is 26.0. The minimum Gasteiger partial charge on any atom is -0.492 e. The topological polar surface area (TPSA) is 75.5 Å². The van der Waals surface area contributed by atoms with Gasteiger partial charge >= 0.3 is 0 Å². The Bertz CT molecular complexity index is 1370. The van der Waals surface area contributed by atoms with E-state index in [0.29, 0.717) is 32.1 Å². The minimum absolute atomic E-state index is 0.229. The Labute approximate surface area is 259 Å². The number of benzene rings is 2. The van der Waals surface area contributed by atoms with Gasteiger partial charge in [0, 0.05) is 65.4 Å². The Morgan fingerprint density at radius 3 is 1.86 bits per heavy atom. The van der Waals surface area contributed by atoms with Crippen LogP contribution in [0.15, 0.2) is 59.5 Å². The van der Waals surface area contributed by atoms with Crippen LogP contribution in [0.25, 0.3) is 0 Å². The molecule has 0 aliphatic carbocycles. The Balaban J connectivity index is 1.07. The molecule has 0 amide bonds. The molecule has 1 aromatic heterocycles. The van der Waals surface area contributed by atoms with Crippen molar-refractivity contribution in [2.45, 2.75) is 20.4 Å². The third kappa shape index (κ3) is 7.93. The quantitative estimate of drug-likeness (QED) is 0.288. The van der Waals surface area contributed by atoms with Crippen molar-refractivity contribution in [3.63, 3.8) is 0 Å². The Morgan fingerprint density at radius 2 is 1.21 bits per heavy atom. The molecule has 10 nitrogen and oxygen atoms in total. The Morgan fingerprint density at radius 1 is 0.674 bits per heavy atom. The van der Waals surface area contributed by atoms with Crippen molar-refractivity contribution in [2.75, 3.05) is 95.1 Å². The van der Waals surface area contributed by atoms with Crippen molar-refractivity contribution < 1.29 is 14.2 Å². The number of hydrogen-bond acceptors (Lipinski definition) is 9. The molecular weight excluding hydrogens is 568 g/mol. The van der Waals surface area contributed by atoms with Crippen molar-refractivity contribution in [3.05, 3.63) is 70.1 Å². The van der Waals surface area contributed by atoms with Crippen molar-refractivity contribution in [2.24, 2.45) is 0 Å². The smallest absolute Gasteiger partial charge is 0.287 e. The van der Waals surface area contributed by atoms with E-state index in [1.165, 1.54) is 4.68 Å². The number of anilines is 2. The predicted molar refractivity (Wildman–Crippen MR) is 172 cm³/mol. The summed E-state index contributed by atoms with van der Waals surface area (Å²) in [6.45, 7) is 14.8. The monoisotopic (exact) mass is 610 g/mol. The lowest BCUT2D eigenvalue weighted by atomic mass is 10.2. The van der Waals surface area contributed by atoms with Crippen LogP contribution in [-0.4, -0.2) is 105 Å². The molecule has 232 valence electrons. The summed E-state index contributed by atoms with van der Waals surface area (Å²) >= 11 is 6.62. The average Bonchev–Trinajstić information content (AvgIpc) is 3.04. The van der Waals surface area contributed by atoms with E-state index in [0.717, 1.165) is 88.4 Å². The molecule has 0 N–H and O–H groups in total. The summed E-state index contributed by atoms with van der Waals surface area (Å²) < 4.78 is 19.0. The van der Waals surface area contributed by atoms with Crippen LogP contribution in [0.1, 0.15) is 13.8 Å². The lowest BCUT2D eigenvalue weighted by molar-refractivity contribution is 0.195. The first kappa shape index (κ1) is 31.0. The van der Waals surface area contributed by atoms with Gasteiger partial charge in [-0.15, -0.1) is 0 Å². The Hall–Kier alpha value is -3.47. The number of rotatable bonds is 13. The van der Waals surface area contributed by atoms with Crippen LogP contribution in [-0.2, 0) is 6.54 Å². The van der Waals surface area contributed by atoms with Crippen molar-refractivity contribution in [1.82, 2.24) is 19.6 Å². The molecule has 0 atom stereocenters. The second-order valence-corrected chi connectivity index (χ2v) is 11.0. The van der Waals surface area contributed by atoms with E-state index in [1.54, 1.807) is 6.20 Å². The fourth-order valence-electron chi connectivity index (χ4n) is 5.62. The highest BCUT2D eigenvalue weighted by molar-refractivity contribution is 6.33. The molecule has 11 heteroatoms. The highest BCUT2D eigenvalue weighted by Gasteiger charge is 2.23. The zero-order chi connectivity index (χ0) is 30.0. The van der Waals surface area contributed by atoms with E-state index in [2.05, 4.69) is 36.8 Å². The van der Waals surface area contributed by atoms with Gasteiger partial charge in [0.25, 0.3) is 5.56 Å². The molecule has 5 rings (SSSR count). The largest absolute Gasteiger partial charge is 0.492 e. The lowest BCUT2D eigenvalue weighted by Crippen LogP contribution is -2.48. The summed E-state index contributed by atoms with van der Waals surface area (Å²) in [6.07, 6.45) is 1.75. The van der Waals surface area contributed by atoms with Gasteiger partial charge in [-0.25, -0.2) is 4.68 Å². The summed E-state index contributed by atoms with van der Waals surface area (Å²) in [5.74, 6) is 2.47. The van der Waals surface area contributed by atoms with E-state index in [9.17, 15) is 4.79 Å². The second-order valence-electron chi connectivity index (χ2n) is 10.7. The van der Waals surface area contributed by atoms with Crippen LogP contribution < -0.4 is 29.6 Å². The third-order valence-electron chi connectivity index (χ3n) is 8.00. The fourth-order valence-corrected chi connectivity index (χ4v) is 5.89. The minimum atomic E-state index is -0.229. The third-order valence-corrected chi connectivity index (χ3v) is 8.35. The van der Waals surface area contributed by atoms with E-state index < -0.39 is 0 Å². The zero-order valence-electron chi connectivity index (χ0n) is 25.3. The van der Waals surface area contributed by atoms with Gasteiger partial charge in [0.1, 0.15) is 17.4 Å². The average molecular weight is 611 g/mol. The van der Waals surface area contributed by atoms with Gasteiger partial charge in [-0.05, 0) is 38.1 Å². The molecule has 0 spiro atoms. The number of ether oxygens (including phenoxy) is 3. The molecule has 3 heterocycles. The van der Waals surface area contributed by atoms with Gasteiger partial charge in [-0.1, -0.05) is 35.9 Å². The number of para-hydroxylation sites is 4. The SMILES string of the molecule is CCOc1ccccc1OCCN1CCN(c2cnn(CCN3CCN(c4ccccc4OCC)CC3)c(=O)c2Cl)CC1. The van der Waals surface area contributed by atoms with Gasteiger partial charge in [0.05, 0.1) is 37.3 Å². The van der Waals surface area contributed by atoms with E-state index in [-0.39, 0.29) is 10.6 Å².